The van der Waals surface area contributed by atoms with Crippen molar-refractivity contribution in [1.82, 2.24) is 15.1 Å². The van der Waals surface area contributed by atoms with Gasteiger partial charge in [0.1, 0.15) is 23.3 Å². The number of nitro benzene ring substituents is 1. The number of nitrogens with one attached hydrogen (secondary N) is 1. The molecule has 9 heteroatoms. The van der Waals surface area contributed by atoms with E-state index in [9.17, 15) is 19.8 Å². The molecule has 33 heavy (non-hydrogen) atoms. The second kappa shape index (κ2) is 8.46. The average molecular weight is 464 g/mol. The fraction of sp³-hybridized carbons (Fsp3) is 0.292. The molecule has 2 aliphatic heterocycles. The van der Waals surface area contributed by atoms with E-state index in [1.165, 1.54) is 23.5 Å². The van der Waals surface area contributed by atoms with Crippen molar-refractivity contribution in [3.63, 3.8) is 0 Å². The molecule has 3 aromatic rings. The molecule has 5 rings (SSSR count). The number of hydrogen-bond donors (Lipinski definition) is 1. The molecule has 0 bridgehead atoms. The van der Waals surface area contributed by atoms with Crippen molar-refractivity contribution >= 4 is 32.7 Å². The topological polar surface area (TPSA) is 85.4 Å². The number of nitriles is 1. The summed E-state index contributed by atoms with van der Waals surface area (Å²) >= 11 is 1.30. The van der Waals surface area contributed by atoms with Gasteiger partial charge in [-0.25, -0.2) is 4.39 Å². The fourth-order valence-electron chi connectivity index (χ4n) is 4.66. The van der Waals surface area contributed by atoms with Gasteiger partial charge >= 0.3 is 0 Å². The number of benzene rings is 2. The number of likely N-dealkylation sites (N-methyl/N-ethyl adjacent to an activating group) is 1. The van der Waals surface area contributed by atoms with Crippen molar-refractivity contribution in [3.05, 3.63) is 80.2 Å². The van der Waals surface area contributed by atoms with E-state index >= 15 is 0 Å². The van der Waals surface area contributed by atoms with E-state index in [0.717, 1.165) is 43.2 Å². The first-order valence-electron chi connectivity index (χ1n) is 10.9. The smallest absolute Gasteiger partial charge is 0.269 e. The number of halogens is 1. The molecule has 0 spiro atoms. The van der Waals surface area contributed by atoms with Crippen LogP contribution in [0.15, 0.2) is 48.3 Å². The number of fused-ring (bicyclic) bond motifs is 3. The van der Waals surface area contributed by atoms with Crippen LogP contribution in [0.4, 0.5) is 10.1 Å². The highest BCUT2D eigenvalue weighted by atomic mass is 32.1. The van der Waals surface area contributed by atoms with Crippen LogP contribution in [0, 0.1) is 27.3 Å². The lowest BCUT2D eigenvalue weighted by molar-refractivity contribution is -0.384. The molecule has 2 aliphatic rings. The number of nitro groups is 1. The van der Waals surface area contributed by atoms with Gasteiger partial charge in [-0.3, -0.25) is 10.1 Å². The Labute approximate surface area is 194 Å². The first-order valence-corrected chi connectivity index (χ1v) is 11.7. The third-order valence-electron chi connectivity index (χ3n) is 6.39. The van der Waals surface area contributed by atoms with Crippen molar-refractivity contribution in [3.8, 4) is 6.07 Å². The Balaban J connectivity index is 1.70. The highest BCUT2D eigenvalue weighted by Crippen LogP contribution is 2.46. The minimum atomic E-state index is -0.423. The van der Waals surface area contributed by atoms with Crippen LogP contribution in [0.2, 0.25) is 0 Å². The minimum absolute atomic E-state index is 0.00342. The fourth-order valence-corrected chi connectivity index (χ4v) is 5.95. The number of allylic oxidation sites excluding steroid dienone is 1. The molecular weight excluding hydrogens is 441 g/mol. The van der Waals surface area contributed by atoms with E-state index in [0.29, 0.717) is 27.0 Å². The van der Waals surface area contributed by atoms with Crippen LogP contribution in [0.1, 0.15) is 29.0 Å². The van der Waals surface area contributed by atoms with Crippen LogP contribution in [-0.4, -0.2) is 47.4 Å². The monoisotopic (exact) mass is 463 g/mol. The second-order valence-corrected chi connectivity index (χ2v) is 9.20. The van der Waals surface area contributed by atoms with Gasteiger partial charge in [-0.15, -0.1) is 11.3 Å². The molecule has 1 aromatic heterocycles. The Hall–Kier alpha value is -3.48. The van der Waals surface area contributed by atoms with Gasteiger partial charge < -0.3 is 15.1 Å². The van der Waals surface area contributed by atoms with Gasteiger partial charge in [0.2, 0.25) is 0 Å². The SMILES string of the molecule is CCN1CCN(C2=C(C#N)c3c(sc4c(F)cccc34)C(c3cccc([N+](=O)[O-])c3)N2)CC1. The summed E-state index contributed by atoms with van der Waals surface area (Å²) in [5.41, 5.74) is 1.92. The van der Waals surface area contributed by atoms with Crippen molar-refractivity contribution in [2.45, 2.75) is 13.0 Å². The molecule has 0 radical (unpaired) electrons. The number of non-ortho nitro benzene ring substituents is 1. The van der Waals surface area contributed by atoms with Crippen molar-refractivity contribution in [2.75, 3.05) is 32.7 Å². The Morgan fingerprint density at radius 3 is 2.70 bits per heavy atom. The molecule has 7 nitrogen and oxygen atoms in total. The second-order valence-electron chi connectivity index (χ2n) is 8.14. The van der Waals surface area contributed by atoms with Gasteiger partial charge in [0.05, 0.1) is 15.7 Å². The maximum Gasteiger partial charge on any atom is 0.269 e. The van der Waals surface area contributed by atoms with Crippen LogP contribution < -0.4 is 5.32 Å². The zero-order chi connectivity index (χ0) is 23.1. The minimum Gasteiger partial charge on any atom is -0.359 e. The molecule has 1 fully saturated rings. The third-order valence-corrected chi connectivity index (χ3v) is 7.67. The summed E-state index contributed by atoms with van der Waals surface area (Å²) in [5.74, 6) is 0.376. The van der Waals surface area contributed by atoms with Gasteiger partial charge in [0.25, 0.3) is 5.69 Å². The Bertz CT molecular complexity index is 1320. The van der Waals surface area contributed by atoms with Gasteiger partial charge in [0, 0.05) is 54.1 Å². The summed E-state index contributed by atoms with van der Waals surface area (Å²) < 4.78 is 15.2. The van der Waals surface area contributed by atoms with Crippen molar-refractivity contribution in [2.24, 2.45) is 0 Å². The number of rotatable bonds is 4. The van der Waals surface area contributed by atoms with E-state index in [2.05, 4.69) is 28.1 Å². The summed E-state index contributed by atoms with van der Waals surface area (Å²) in [7, 11) is 0. The van der Waals surface area contributed by atoms with Crippen LogP contribution in [0.3, 0.4) is 0 Å². The molecule has 2 aromatic carbocycles. The Morgan fingerprint density at radius 2 is 2.00 bits per heavy atom. The van der Waals surface area contributed by atoms with Gasteiger partial charge in [-0.05, 0) is 18.2 Å². The zero-order valence-electron chi connectivity index (χ0n) is 18.0. The van der Waals surface area contributed by atoms with E-state index < -0.39 is 11.0 Å². The maximum absolute atomic E-state index is 14.7. The van der Waals surface area contributed by atoms with E-state index in [1.807, 2.05) is 12.1 Å². The van der Waals surface area contributed by atoms with E-state index in [4.69, 9.17) is 0 Å². The number of thiophene rings is 1. The molecule has 3 heterocycles. The molecule has 1 saturated heterocycles. The standard InChI is InChI=1S/C24H22FN5O2S/c1-2-28-9-11-29(12-10-28)24-18(14-26)20-17-7-4-8-19(25)22(17)33-23(20)21(27-24)15-5-3-6-16(13-15)30(31)32/h3-8,13,21,27H,2,9-12H2,1H3. The van der Waals surface area contributed by atoms with Crippen LogP contribution in [0.25, 0.3) is 15.7 Å². The van der Waals surface area contributed by atoms with Crippen LogP contribution in [0.5, 0.6) is 0 Å². The maximum atomic E-state index is 14.7. The largest absolute Gasteiger partial charge is 0.359 e. The first-order chi connectivity index (χ1) is 16.0. The van der Waals surface area contributed by atoms with Gasteiger partial charge in [-0.1, -0.05) is 31.2 Å². The van der Waals surface area contributed by atoms with Crippen LogP contribution >= 0.6 is 11.3 Å². The Morgan fingerprint density at radius 1 is 1.24 bits per heavy atom. The van der Waals surface area contributed by atoms with Crippen molar-refractivity contribution in [1.29, 1.82) is 5.26 Å². The number of hydrogen-bond acceptors (Lipinski definition) is 7. The van der Waals surface area contributed by atoms with Crippen LogP contribution in [-0.2, 0) is 0 Å². The molecule has 0 aliphatic carbocycles. The van der Waals surface area contributed by atoms with Gasteiger partial charge in [0.15, 0.2) is 0 Å². The van der Waals surface area contributed by atoms with E-state index in [-0.39, 0.29) is 11.5 Å². The predicted octanol–water partition coefficient (Wildman–Crippen LogP) is 4.47. The normalized spacial score (nSPS) is 18.7. The van der Waals surface area contributed by atoms with Crippen molar-refractivity contribution < 1.29 is 9.31 Å². The molecule has 0 amide bonds. The lowest BCUT2D eigenvalue weighted by Gasteiger charge is -2.40. The molecule has 1 N–H and O–H groups in total. The molecule has 1 unspecified atom stereocenters. The zero-order valence-corrected chi connectivity index (χ0v) is 18.9. The summed E-state index contributed by atoms with van der Waals surface area (Å²) in [6.45, 7) is 6.39. The highest BCUT2D eigenvalue weighted by molar-refractivity contribution is 7.19. The summed E-state index contributed by atoms with van der Waals surface area (Å²) in [4.78, 5) is 16.3. The van der Waals surface area contributed by atoms with Gasteiger partial charge in [-0.2, -0.15) is 5.26 Å². The number of nitrogens with zero attached hydrogens (tertiary/aromatic N) is 4. The lowest BCUT2D eigenvalue weighted by atomic mass is 9.92. The molecule has 0 saturated carbocycles. The lowest BCUT2D eigenvalue weighted by Crippen LogP contribution is -2.49. The molecule has 168 valence electrons. The third kappa shape index (κ3) is 3.61. The summed E-state index contributed by atoms with van der Waals surface area (Å²) in [6.07, 6.45) is 0. The average Bonchev–Trinajstić information content (AvgIpc) is 3.24. The quantitative estimate of drug-likeness (QED) is 0.454. The predicted molar refractivity (Wildman–Crippen MR) is 126 cm³/mol. The molecular formula is C24H22FN5O2S. The first kappa shape index (κ1) is 21.4. The highest BCUT2D eigenvalue weighted by Gasteiger charge is 2.35. The van der Waals surface area contributed by atoms with E-state index in [1.54, 1.807) is 18.2 Å². The summed E-state index contributed by atoms with van der Waals surface area (Å²) in [6, 6.07) is 13.4. The molecule has 1 atom stereocenters. The number of piperazine rings is 1. The summed E-state index contributed by atoms with van der Waals surface area (Å²) in [5, 5.41) is 25.8. The Kier molecular flexibility index (Phi) is 5.48.